The number of amides is 2. The minimum atomic E-state index is -1.15. The van der Waals surface area contributed by atoms with Gasteiger partial charge in [-0.2, -0.15) is 0 Å². The third-order valence-electron chi connectivity index (χ3n) is 7.00. The van der Waals surface area contributed by atoms with Gasteiger partial charge in [-0.3, -0.25) is 14.6 Å². The predicted octanol–water partition coefficient (Wildman–Crippen LogP) is 4.15. The summed E-state index contributed by atoms with van der Waals surface area (Å²) in [6.07, 6.45) is 8.33. The number of methoxy groups -OCH3 is 2. The van der Waals surface area contributed by atoms with E-state index in [1.807, 2.05) is 6.08 Å². The fourth-order valence-electron chi connectivity index (χ4n) is 4.52. The highest BCUT2D eigenvalue weighted by Crippen LogP contribution is 2.47. The lowest BCUT2D eigenvalue weighted by atomic mass is 9.97. The quantitative estimate of drug-likeness (QED) is 0.503. The van der Waals surface area contributed by atoms with Crippen LogP contribution >= 0.6 is 0 Å². The van der Waals surface area contributed by atoms with Crippen LogP contribution in [-0.4, -0.2) is 48.3 Å². The number of nitrogens with one attached hydrogen (secondary N) is 2. The van der Waals surface area contributed by atoms with Gasteiger partial charge in [-0.05, 0) is 44.1 Å². The van der Waals surface area contributed by atoms with Gasteiger partial charge in [0.1, 0.15) is 29.2 Å². The maximum atomic E-state index is 13.3. The minimum absolute atomic E-state index is 0.199. The Morgan fingerprint density at radius 1 is 1.13 bits per heavy atom. The van der Waals surface area contributed by atoms with Crippen molar-refractivity contribution in [3.05, 3.63) is 71.0 Å². The van der Waals surface area contributed by atoms with Crippen LogP contribution in [0, 0.1) is 12.3 Å². The Hall–Kier alpha value is -4.05. The smallest absolute Gasteiger partial charge is 0.240 e. The number of fused-ring (bicyclic) bond motifs is 1. The standard InChI is InChI=1S/C28H29FN4O5/c1-16-20(33-27(35)28(11-12-28)26(34)32-18-6-4-17(29)5-7-18)8-9-25(31-16)38-22-10-13-30-21-15-24(37-3)23(36-2)14-19(21)22/h4,6-10,13,15,17,23H,5,11-12,14H2,1-3H3,(H,32,34)(H,33,35). The van der Waals surface area contributed by atoms with E-state index < -0.39 is 23.4 Å². The molecule has 3 aliphatic carbocycles. The maximum Gasteiger partial charge on any atom is 0.240 e. The zero-order valence-corrected chi connectivity index (χ0v) is 21.4. The monoisotopic (exact) mass is 520 g/mol. The molecule has 2 atom stereocenters. The second kappa shape index (κ2) is 10.4. The SMILES string of the molecule is COC1=Cc2nccc(Oc3ccc(NC(=O)C4(C(=O)NC5=CCC(F)C=C5)CC4)c(C)n3)c2CC1OC. The summed E-state index contributed by atoms with van der Waals surface area (Å²) in [5.74, 6) is 0.862. The van der Waals surface area contributed by atoms with E-state index in [2.05, 4.69) is 20.6 Å². The molecule has 0 saturated heterocycles. The first-order chi connectivity index (χ1) is 18.3. The van der Waals surface area contributed by atoms with Crippen molar-refractivity contribution in [2.45, 2.75) is 44.9 Å². The number of anilines is 1. The van der Waals surface area contributed by atoms with Gasteiger partial charge in [0.05, 0.1) is 24.2 Å². The predicted molar refractivity (Wildman–Crippen MR) is 138 cm³/mol. The number of rotatable bonds is 8. The molecule has 0 spiro atoms. The number of aromatic nitrogens is 2. The Balaban J connectivity index is 1.27. The molecule has 198 valence electrons. The van der Waals surface area contributed by atoms with E-state index in [4.69, 9.17) is 14.2 Å². The van der Waals surface area contributed by atoms with Crippen molar-refractivity contribution in [2.24, 2.45) is 5.41 Å². The van der Waals surface area contributed by atoms with Crippen molar-refractivity contribution >= 4 is 23.6 Å². The molecule has 3 aliphatic rings. The molecule has 2 N–H and O–H groups in total. The van der Waals surface area contributed by atoms with Gasteiger partial charge >= 0.3 is 0 Å². The van der Waals surface area contributed by atoms with Gasteiger partial charge in [0, 0.05) is 49.6 Å². The van der Waals surface area contributed by atoms with E-state index in [1.165, 1.54) is 12.2 Å². The van der Waals surface area contributed by atoms with Gasteiger partial charge in [-0.25, -0.2) is 9.37 Å². The van der Waals surface area contributed by atoms with Crippen LogP contribution in [0.5, 0.6) is 11.6 Å². The highest BCUT2D eigenvalue weighted by atomic mass is 19.1. The fourth-order valence-corrected chi connectivity index (χ4v) is 4.52. The van der Waals surface area contributed by atoms with Crippen LogP contribution in [0.2, 0.25) is 0 Å². The summed E-state index contributed by atoms with van der Waals surface area (Å²) >= 11 is 0. The van der Waals surface area contributed by atoms with Crippen molar-refractivity contribution in [2.75, 3.05) is 19.5 Å². The molecule has 0 radical (unpaired) electrons. The molecule has 2 heterocycles. The van der Waals surface area contributed by atoms with E-state index in [0.29, 0.717) is 53.7 Å². The molecule has 10 heteroatoms. The van der Waals surface area contributed by atoms with Crippen molar-refractivity contribution in [3.8, 4) is 11.6 Å². The van der Waals surface area contributed by atoms with Gasteiger partial charge in [-0.15, -0.1) is 0 Å². The number of alkyl halides is 1. The molecule has 0 aromatic carbocycles. The average Bonchev–Trinajstić information content (AvgIpc) is 3.73. The first-order valence-corrected chi connectivity index (χ1v) is 12.4. The topological polar surface area (TPSA) is 112 Å². The molecule has 2 unspecified atom stereocenters. The van der Waals surface area contributed by atoms with Crippen LogP contribution in [0.25, 0.3) is 6.08 Å². The zero-order valence-electron chi connectivity index (χ0n) is 21.4. The molecule has 5 rings (SSSR count). The maximum absolute atomic E-state index is 13.3. The van der Waals surface area contributed by atoms with Gasteiger partial charge in [0.25, 0.3) is 0 Å². The fraction of sp³-hybridized carbons (Fsp3) is 0.357. The zero-order chi connectivity index (χ0) is 26.9. The van der Waals surface area contributed by atoms with E-state index in [9.17, 15) is 14.0 Å². The normalized spacial score (nSPS) is 20.9. The molecule has 2 amide bonds. The third kappa shape index (κ3) is 5.04. The molecule has 0 bridgehead atoms. The number of ether oxygens (including phenoxy) is 3. The number of hydrogen-bond donors (Lipinski definition) is 2. The van der Waals surface area contributed by atoms with Crippen molar-refractivity contribution in [3.63, 3.8) is 0 Å². The Morgan fingerprint density at radius 3 is 2.58 bits per heavy atom. The molecule has 9 nitrogen and oxygen atoms in total. The van der Waals surface area contributed by atoms with Gasteiger partial charge in [0.15, 0.2) is 0 Å². The Labute approximate surface area is 219 Å². The molecule has 2 aromatic heterocycles. The number of nitrogens with zero attached hydrogens (tertiary/aromatic N) is 2. The highest BCUT2D eigenvalue weighted by molar-refractivity contribution is 6.13. The largest absolute Gasteiger partial charge is 0.498 e. The summed E-state index contributed by atoms with van der Waals surface area (Å²) in [4.78, 5) is 34.8. The first kappa shape index (κ1) is 25.6. The Bertz CT molecular complexity index is 1370. The third-order valence-corrected chi connectivity index (χ3v) is 7.00. The van der Waals surface area contributed by atoms with Crippen molar-refractivity contribution < 1.29 is 28.2 Å². The average molecular weight is 521 g/mol. The number of carbonyl (C=O) groups is 2. The second-order valence-electron chi connectivity index (χ2n) is 9.50. The number of hydrogen-bond acceptors (Lipinski definition) is 7. The molecule has 2 aromatic rings. The summed E-state index contributed by atoms with van der Waals surface area (Å²) in [5, 5.41) is 5.59. The van der Waals surface area contributed by atoms with Crippen LogP contribution in [-0.2, 0) is 25.5 Å². The Kier molecular flexibility index (Phi) is 6.98. The van der Waals surface area contributed by atoms with E-state index >= 15 is 0 Å². The first-order valence-electron chi connectivity index (χ1n) is 12.4. The van der Waals surface area contributed by atoms with Crippen LogP contribution in [0.4, 0.5) is 10.1 Å². The van der Waals surface area contributed by atoms with Crippen LogP contribution < -0.4 is 15.4 Å². The molecule has 0 aliphatic heterocycles. The van der Waals surface area contributed by atoms with E-state index in [0.717, 1.165) is 11.3 Å². The van der Waals surface area contributed by atoms with Gasteiger partial charge in [-0.1, -0.05) is 6.08 Å². The number of allylic oxidation sites excluding steroid dienone is 3. The number of carbonyl (C=O) groups excluding carboxylic acids is 2. The second-order valence-corrected chi connectivity index (χ2v) is 9.50. The summed E-state index contributed by atoms with van der Waals surface area (Å²) < 4.78 is 30.4. The number of pyridine rings is 2. The van der Waals surface area contributed by atoms with Crippen molar-refractivity contribution in [1.82, 2.24) is 15.3 Å². The molecule has 1 saturated carbocycles. The summed E-state index contributed by atoms with van der Waals surface area (Å²) in [6.45, 7) is 1.75. The van der Waals surface area contributed by atoms with E-state index in [-0.39, 0.29) is 12.5 Å². The van der Waals surface area contributed by atoms with E-state index in [1.54, 1.807) is 51.6 Å². The number of aryl methyl sites for hydroxylation is 1. The lowest BCUT2D eigenvalue weighted by molar-refractivity contribution is -0.133. The summed E-state index contributed by atoms with van der Waals surface area (Å²) in [6, 6.07) is 5.13. The summed E-state index contributed by atoms with van der Waals surface area (Å²) in [7, 11) is 3.22. The van der Waals surface area contributed by atoms with Crippen LogP contribution in [0.3, 0.4) is 0 Å². The summed E-state index contributed by atoms with van der Waals surface area (Å²) in [5.41, 5.74) is 2.01. The molecular weight excluding hydrogens is 491 g/mol. The minimum Gasteiger partial charge on any atom is -0.498 e. The van der Waals surface area contributed by atoms with Gasteiger partial charge < -0.3 is 24.8 Å². The van der Waals surface area contributed by atoms with Crippen molar-refractivity contribution in [1.29, 1.82) is 0 Å². The lowest BCUT2D eigenvalue weighted by Crippen LogP contribution is -2.39. The van der Waals surface area contributed by atoms with Gasteiger partial charge in [0.2, 0.25) is 17.7 Å². The highest BCUT2D eigenvalue weighted by Gasteiger charge is 2.56. The van der Waals surface area contributed by atoms with Crippen LogP contribution in [0.15, 0.2) is 54.1 Å². The molecule has 38 heavy (non-hydrogen) atoms. The van der Waals surface area contributed by atoms with Crippen LogP contribution in [0.1, 0.15) is 36.2 Å². The number of halogens is 1. The lowest BCUT2D eigenvalue weighted by Gasteiger charge is -2.24. The molecule has 1 fully saturated rings. The Morgan fingerprint density at radius 2 is 1.92 bits per heavy atom. The molecular formula is C28H29FN4O5.